The average molecular weight is 518 g/mol. The molecule has 2 saturated heterocycles. The highest BCUT2D eigenvalue weighted by atomic mass is 127. The molecule has 160 valence electrons. The first-order valence-electron chi connectivity index (χ1n) is 9.68. The molecule has 0 radical (unpaired) electrons. The second-order valence-electron chi connectivity index (χ2n) is 6.72. The minimum atomic E-state index is -3.12. The van der Waals surface area contributed by atoms with Gasteiger partial charge in [0.05, 0.1) is 18.5 Å². The molecule has 2 aliphatic heterocycles. The zero-order valence-electron chi connectivity index (χ0n) is 16.7. The molecule has 10 heteroatoms. The van der Waals surface area contributed by atoms with Crippen LogP contribution in [0.4, 0.5) is 0 Å². The summed E-state index contributed by atoms with van der Waals surface area (Å²) in [7, 11) is -1.49. The predicted octanol–water partition coefficient (Wildman–Crippen LogP) is 1.12. The van der Waals surface area contributed by atoms with Crippen LogP contribution >= 0.6 is 24.0 Å². The fourth-order valence-electron chi connectivity index (χ4n) is 3.25. The Balaban J connectivity index is 0.00000364. The van der Waals surface area contributed by atoms with Crippen LogP contribution in [0.1, 0.15) is 33.1 Å². The van der Waals surface area contributed by atoms with E-state index in [-0.39, 0.29) is 41.9 Å². The lowest BCUT2D eigenvalue weighted by Gasteiger charge is -2.37. The summed E-state index contributed by atoms with van der Waals surface area (Å²) in [6, 6.07) is 0. The lowest BCUT2D eigenvalue weighted by Crippen LogP contribution is -2.53. The number of aliphatic imine (C=N–C) groups is 1. The summed E-state index contributed by atoms with van der Waals surface area (Å²) in [5, 5.41) is 3.34. The third kappa shape index (κ3) is 7.64. The van der Waals surface area contributed by atoms with Crippen molar-refractivity contribution >= 4 is 40.0 Å². The Kier molecular flexibility index (Phi) is 11.4. The first-order chi connectivity index (χ1) is 12.5. The SMILES string of the molecule is CCNC(=NCCCN(C)S(=O)(=O)CC)N1CCOC(C2CCCO2)C1.I. The van der Waals surface area contributed by atoms with Crippen molar-refractivity contribution in [3.63, 3.8) is 0 Å². The highest BCUT2D eigenvalue weighted by Crippen LogP contribution is 2.21. The molecule has 0 bridgehead atoms. The van der Waals surface area contributed by atoms with Gasteiger partial charge in [0.1, 0.15) is 6.10 Å². The summed E-state index contributed by atoms with van der Waals surface area (Å²) in [5.41, 5.74) is 0. The molecule has 0 amide bonds. The second-order valence-corrected chi connectivity index (χ2v) is 9.08. The highest BCUT2D eigenvalue weighted by molar-refractivity contribution is 14.0. The minimum absolute atomic E-state index is 0. The Morgan fingerprint density at radius 3 is 2.63 bits per heavy atom. The number of ether oxygens (including phenoxy) is 2. The molecular weight excluding hydrogens is 483 g/mol. The van der Waals surface area contributed by atoms with Crippen LogP contribution in [0, 0.1) is 0 Å². The molecule has 27 heavy (non-hydrogen) atoms. The maximum Gasteiger partial charge on any atom is 0.213 e. The van der Waals surface area contributed by atoms with E-state index in [1.165, 1.54) is 4.31 Å². The molecule has 2 heterocycles. The van der Waals surface area contributed by atoms with Gasteiger partial charge in [-0.1, -0.05) is 0 Å². The second kappa shape index (κ2) is 12.4. The van der Waals surface area contributed by atoms with Gasteiger partial charge in [0.15, 0.2) is 5.96 Å². The van der Waals surface area contributed by atoms with Crippen molar-refractivity contribution < 1.29 is 17.9 Å². The van der Waals surface area contributed by atoms with E-state index < -0.39 is 10.0 Å². The van der Waals surface area contributed by atoms with Crippen LogP contribution in [0.2, 0.25) is 0 Å². The monoisotopic (exact) mass is 518 g/mol. The number of hydrogen-bond acceptors (Lipinski definition) is 5. The van der Waals surface area contributed by atoms with Crippen molar-refractivity contribution in [2.75, 3.05) is 58.7 Å². The molecule has 8 nitrogen and oxygen atoms in total. The fraction of sp³-hybridized carbons (Fsp3) is 0.941. The van der Waals surface area contributed by atoms with Crippen LogP contribution in [-0.4, -0.2) is 94.5 Å². The zero-order valence-corrected chi connectivity index (χ0v) is 19.9. The number of rotatable bonds is 8. The molecule has 2 aliphatic rings. The van der Waals surface area contributed by atoms with E-state index in [2.05, 4.69) is 17.1 Å². The molecule has 1 N–H and O–H groups in total. The van der Waals surface area contributed by atoms with Crippen molar-refractivity contribution in [1.82, 2.24) is 14.5 Å². The van der Waals surface area contributed by atoms with Crippen LogP contribution in [0.5, 0.6) is 0 Å². The van der Waals surface area contributed by atoms with Crippen LogP contribution in [-0.2, 0) is 19.5 Å². The number of guanidine groups is 1. The summed E-state index contributed by atoms with van der Waals surface area (Å²) in [4.78, 5) is 6.92. The Labute approximate surface area is 181 Å². The summed E-state index contributed by atoms with van der Waals surface area (Å²) in [6.07, 6.45) is 3.14. The lowest BCUT2D eigenvalue weighted by molar-refractivity contribution is -0.0817. The van der Waals surface area contributed by atoms with Crippen molar-refractivity contribution in [2.45, 2.75) is 45.3 Å². The standard InChI is InChI=1S/C17H34N4O4S.HI/c1-4-18-17(19-9-7-10-20(3)26(22,23)5-2)21-11-13-25-16(14-21)15-8-6-12-24-15;/h15-16H,4-14H2,1-3H3,(H,18,19);1H. The summed E-state index contributed by atoms with van der Waals surface area (Å²) >= 11 is 0. The number of nitrogens with zero attached hydrogens (tertiary/aromatic N) is 3. The molecule has 0 spiro atoms. The van der Waals surface area contributed by atoms with Gasteiger partial charge in [0.25, 0.3) is 0 Å². The van der Waals surface area contributed by atoms with Crippen molar-refractivity contribution in [3.8, 4) is 0 Å². The lowest BCUT2D eigenvalue weighted by atomic mass is 10.1. The van der Waals surface area contributed by atoms with E-state index in [4.69, 9.17) is 14.5 Å². The van der Waals surface area contributed by atoms with Gasteiger partial charge in [-0.2, -0.15) is 0 Å². The Bertz CT molecular complexity index is 555. The minimum Gasteiger partial charge on any atom is -0.375 e. The van der Waals surface area contributed by atoms with Gasteiger partial charge >= 0.3 is 0 Å². The molecule has 2 atom stereocenters. The molecule has 0 aromatic carbocycles. The van der Waals surface area contributed by atoms with Crippen LogP contribution in [0.25, 0.3) is 0 Å². The fourth-order valence-corrected chi connectivity index (χ4v) is 4.10. The molecule has 0 aliphatic carbocycles. The topological polar surface area (TPSA) is 83.5 Å². The third-order valence-electron chi connectivity index (χ3n) is 4.84. The van der Waals surface area contributed by atoms with Crippen molar-refractivity contribution in [2.24, 2.45) is 4.99 Å². The highest BCUT2D eigenvalue weighted by Gasteiger charge is 2.32. The van der Waals surface area contributed by atoms with Gasteiger partial charge in [-0.3, -0.25) is 4.99 Å². The number of nitrogens with one attached hydrogen (secondary N) is 1. The Hall–Kier alpha value is -0.170. The molecule has 2 unspecified atom stereocenters. The number of morpholine rings is 1. The van der Waals surface area contributed by atoms with E-state index in [0.29, 0.717) is 26.1 Å². The van der Waals surface area contributed by atoms with E-state index in [1.807, 2.05) is 0 Å². The van der Waals surface area contributed by atoms with Gasteiger partial charge in [0.2, 0.25) is 10.0 Å². The average Bonchev–Trinajstić information content (AvgIpc) is 3.19. The van der Waals surface area contributed by atoms with Crippen LogP contribution in [0.3, 0.4) is 0 Å². The molecule has 2 fully saturated rings. The largest absolute Gasteiger partial charge is 0.375 e. The maximum atomic E-state index is 11.8. The number of sulfonamides is 1. The normalized spacial score (nSPS) is 24.1. The molecule has 0 saturated carbocycles. The van der Waals surface area contributed by atoms with E-state index in [1.54, 1.807) is 14.0 Å². The van der Waals surface area contributed by atoms with E-state index in [9.17, 15) is 8.42 Å². The predicted molar refractivity (Wildman–Crippen MR) is 118 cm³/mol. The summed E-state index contributed by atoms with van der Waals surface area (Å²) < 4.78 is 36.7. The Morgan fingerprint density at radius 2 is 2.00 bits per heavy atom. The first-order valence-corrected chi connectivity index (χ1v) is 11.3. The van der Waals surface area contributed by atoms with E-state index >= 15 is 0 Å². The number of hydrogen-bond donors (Lipinski definition) is 1. The quantitative estimate of drug-likeness (QED) is 0.225. The van der Waals surface area contributed by atoms with Gasteiger partial charge in [-0.15, -0.1) is 24.0 Å². The van der Waals surface area contributed by atoms with Gasteiger partial charge in [-0.25, -0.2) is 12.7 Å². The molecule has 2 rings (SSSR count). The first kappa shape index (κ1) is 24.9. The Morgan fingerprint density at radius 1 is 1.26 bits per heavy atom. The maximum absolute atomic E-state index is 11.8. The van der Waals surface area contributed by atoms with Gasteiger partial charge < -0.3 is 19.7 Å². The van der Waals surface area contributed by atoms with Crippen molar-refractivity contribution in [3.05, 3.63) is 0 Å². The molecule has 0 aromatic rings. The van der Waals surface area contributed by atoms with Gasteiger partial charge in [-0.05, 0) is 33.1 Å². The smallest absolute Gasteiger partial charge is 0.213 e. The summed E-state index contributed by atoms with van der Waals surface area (Å²) in [5.74, 6) is 1.01. The van der Waals surface area contributed by atoms with Crippen LogP contribution < -0.4 is 5.32 Å². The number of halogens is 1. The van der Waals surface area contributed by atoms with Gasteiger partial charge in [0, 0.05) is 46.4 Å². The molecule has 0 aromatic heterocycles. The third-order valence-corrected chi connectivity index (χ3v) is 6.70. The van der Waals surface area contributed by atoms with Crippen LogP contribution in [0.15, 0.2) is 4.99 Å². The molecular formula is C17H35IN4O4S. The zero-order chi connectivity index (χ0) is 19.0. The summed E-state index contributed by atoms with van der Waals surface area (Å²) in [6.45, 7) is 8.67. The van der Waals surface area contributed by atoms with Crippen molar-refractivity contribution in [1.29, 1.82) is 0 Å². The van der Waals surface area contributed by atoms with E-state index in [0.717, 1.165) is 45.0 Å².